The first-order chi connectivity index (χ1) is 11.2. The second kappa shape index (κ2) is 8.55. The van der Waals surface area contributed by atoms with Gasteiger partial charge in [0, 0.05) is 5.56 Å². The molecule has 0 saturated heterocycles. The number of rotatable bonds is 7. The molecular formula is C20H19NO2. The summed E-state index contributed by atoms with van der Waals surface area (Å²) in [6.07, 6.45) is 5.43. The van der Waals surface area contributed by atoms with Crippen molar-refractivity contribution in [2.75, 3.05) is 6.61 Å². The van der Waals surface area contributed by atoms with Crippen molar-refractivity contribution < 1.29 is 9.53 Å². The van der Waals surface area contributed by atoms with E-state index in [1.54, 1.807) is 30.3 Å². The van der Waals surface area contributed by atoms with Crippen LogP contribution in [0.3, 0.4) is 0 Å². The van der Waals surface area contributed by atoms with Gasteiger partial charge in [-0.05, 0) is 42.3 Å². The molecule has 0 aromatic heterocycles. The third-order valence-corrected chi connectivity index (χ3v) is 3.35. The van der Waals surface area contributed by atoms with Gasteiger partial charge in [0.15, 0.2) is 5.78 Å². The lowest BCUT2D eigenvalue weighted by Gasteiger charge is -2.05. The second-order valence-corrected chi connectivity index (χ2v) is 5.16. The van der Waals surface area contributed by atoms with Gasteiger partial charge in [0.2, 0.25) is 0 Å². The Hall–Kier alpha value is -2.86. The van der Waals surface area contributed by atoms with E-state index in [1.807, 2.05) is 30.3 Å². The van der Waals surface area contributed by atoms with Crippen molar-refractivity contribution in [3.63, 3.8) is 0 Å². The van der Waals surface area contributed by atoms with Crippen LogP contribution >= 0.6 is 0 Å². The highest BCUT2D eigenvalue weighted by Crippen LogP contribution is 2.14. The van der Waals surface area contributed by atoms with Gasteiger partial charge in [-0.3, -0.25) is 4.79 Å². The van der Waals surface area contributed by atoms with E-state index in [-0.39, 0.29) is 5.78 Å². The van der Waals surface area contributed by atoms with Crippen LogP contribution in [0.5, 0.6) is 5.75 Å². The van der Waals surface area contributed by atoms with Gasteiger partial charge < -0.3 is 4.74 Å². The van der Waals surface area contributed by atoms with E-state index in [1.165, 1.54) is 6.08 Å². The minimum atomic E-state index is -0.120. The molecule has 23 heavy (non-hydrogen) atoms. The fraction of sp³-hybridized carbons (Fsp3) is 0.200. The number of hydrogen-bond donors (Lipinski definition) is 0. The van der Waals surface area contributed by atoms with Gasteiger partial charge in [0.05, 0.1) is 18.2 Å². The summed E-state index contributed by atoms with van der Waals surface area (Å²) >= 11 is 0. The maximum Gasteiger partial charge on any atom is 0.185 e. The summed E-state index contributed by atoms with van der Waals surface area (Å²) in [5, 5.41) is 8.86. The van der Waals surface area contributed by atoms with Crippen molar-refractivity contribution in [1.82, 2.24) is 0 Å². The van der Waals surface area contributed by atoms with Gasteiger partial charge in [0.25, 0.3) is 0 Å². The molecule has 0 saturated carbocycles. The molecule has 0 aliphatic rings. The van der Waals surface area contributed by atoms with Crippen LogP contribution in [0.2, 0.25) is 0 Å². The summed E-state index contributed by atoms with van der Waals surface area (Å²) < 4.78 is 5.60. The van der Waals surface area contributed by atoms with E-state index in [9.17, 15) is 4.79 Å². The quantitative estimate of drug-likeness (QED) is 0.425. The molecule has 0 unspecified atom stereocenters. The van der Waals surface area contributed by atoms with E-state index < -0.39 is 0 Å². The highest BCUT2D eigenvalue weighted by molar-refractivity contribution is 6.07. The van der Waals surface area contributed by atoms with Gasteiger partial charge >= 0.3 is 0 Å². The zero-order valence-corrected chi connectivity index (χ0v) is 13.2. The van der Waals surface area contributed by atoms with Crippen molar-refractivity contribution in [2.24, 2.45) is 0 Å². The van der Waals surface area contributed by atoms with Crippen LogP contribution in [-0.2, 0) is 0 Å². The Balaban J connectivity index is 1.99. The molecule has 0 aliphatic heterocycles. The van der Waals surface area contributed by atoms with Crippen LogP contribution in [0.15, 0.2) is 54.6 Å². The first kappa shape index (κ1) is 16.5. The molecule has 2 rings (SSSR count). The zero-order valence-electron chi connectivity index (χ0n) is 13.2. The van der Waals surface area contributed by atoms with E-state index >= 15 is 0 Å². The lowest BCUT2D eigenvalue weighted by atomic mass is 10.1. The number of ether oxygens (including phenoxy) is 1. The minimum Gasteiger partial charge on any atom is -0.494 e. The number of nitrogens with zero attached hydrogens (tertiary/aromatic N) is 1. The Bertz CT molecular complexity index is 724. The number of carbonyl (C=O) groups is 1. The number of ketones is 1. The molecule has 2 aromatic rings. The van der Waals surface area contributed by atoms with Gasteiger partial charge in [-0.25, -0.2) is 0 Å². The molecule has 0 amide bonds. The molecule has 0 heterocycles. The molecule has 3 nitrogen and oxygen atoms in total. The maximum absolute atomic E-state index is 12.1. The number of allylic oxidation sites excluding steroid dienone is 1. The smallest absolute Gasteiger partial charge is 0.185 e. The fourth-order valence-electron chi connectivity index (χ4n) is 2.02. The Morgan fingerprint density at radius 2 is 2.00 bits per heavy atom. The summed E-state index contributed by atoms with van der Waals surface area (Å²) in [5.41, 5.74) is 1.93. The Labute approximate surface area is 136 Å². The van der Waals surface area contributed by atoms with E-state index in [0.29, 0.717) is 11.1 Å². The lowest BCUT2D eigenvalue weighted by Crippen LogP contribution is -1.96. The van der Waals surface area contributed by atoms with Gasteiger partial charge in [-0.1, -0.05) is 43.7 Å². The summed E-state index contributed by atoms with van der Waals surface area (Å²) in [5.74, 6) is 0.717. The van der Waals surface area contributed by atoms with Gasteiger partial charge in [-0.15, -0.1) is 0 Å². The predicted octanol–water partition coefficient (Wildman–Crippen LogP) is 4.63. The van der Waals surface area contributed by atoms with Crippen LogP contribution < -0.4 is 4.74 Å². The molecule has 2 aromatic carbocycles. The van der Waals surface area contributed by atoms with Crippen LogP contribution in [0.4, 0.5) is 0 Å². The highest BCUT2D eigenvalue weighted by Gasteiger charge is 2.02. The summed E-state index contributed by atoms with van der Waals surface area (Å²) in [6, 6.07) is 16.3. The highest BCUT2D eigenvalue weighted by atomic mass is 16.5. The second-order valence-electron chi connectivity index (χ2n) is 5.16. The molecular weight excluding hydrogens is 286 g/mol. The monoisotopic (exact) mass is 305 g/mol. The van der Waals surface area contributed by atoms with Crippen molar-refractivity contribution >= 4 is 11.9 Å². The third-order valence-electron chi connectivity index (χ3n) is 3.35. The predicted molar refractivity (Wildman–Crippen MR) is 91.4 cm³/mol. The molecule has 0 atom stereocenters. The Morgan fingerprint density at radius 1 is 1.22 bits per heavy atom. The van der Waals surface area contributed by atoms with Crippen LogP contribution in [0, 0.1) is 11.3 Å². The summed E-state index contributed by atoms with van der Waals surface area (Å²) in [4.78, 5) is 12.1. The van der Waals surface area contributed by atoms with Crippen molar-refractivity contribution in [1.29, 1.82) is 5.26 Å². The number of hydrogen-bond acceptors (Lipinski definition) is 3. The van der Waals surface area contributed by atoms with Gasteiger partial charge in [0.1, 0.15) is 5.75 Å². The number of benzene rings is 2. The topological polar surface area (TPSA) is 50.1 Å². The molecule has 0 N–H and O–H groups in total. The standard InChI is InChI=1S/C20H19NO2/c1-2-3-13-23-19-10-7-16(8-11-19)9-12-20(22)18-6-4-5-17(14-18)15-21/h4-12,14H,2-3,13H2,1H3/b12-9+. The Kier molecular flexibility index (Phi) is 6.14. The SMILES string of the molecule is CCCCOc1ccc(/C=C/C(=O)c2cccc(C#N)c2)cc1. The molecule has 0 aliphatic carbocycles. The van der Waals surface area contributed by atoms with Crippen molar-refractivity contribution in [3.8, 4) is 11.8 Å². The summed E-state index contributed by atoms with van der Waals surface area (Å²) in [6.45, 7) is 2.85. The molecule has 0 bridgehead atoms. The number of unbranched alkanes of at least 4 members (excludes halogenated alkanes) is 1. The molecule has 0 radical (unpaired) electrons. The molecule has 0 spiro atoms. The first-order valence-corrected chi connectivity index (χ1v) is 7.68. The lowest BCUT2D eigenvalue weighted by molar-refractivity contribution is 0.104. The maximum atomic E-state index is 12.1. The Morgan fingerprint density at radius 3 is 2.70 bits per heavy atom. The van der Waals surface area contributed by atoms with E-state index in [0.717, 1.165) is 30.8 Å². The molecule has 3 heteroatoms. The first-order valence-electron chi connectivity index (χ1n) is 7.68. The van der Waals surface area contributed by atoms with Crippen LogP contribution in [-0.4, -0.2) is 12.4 Å². The zero-order chi connectivity index (χ0) is 16.5. The van der Waals surface area contributed by atoms with Crippen LogP contribution in [0.25, 0.3) is 6.08 Å². The number of carbonyl (C=O) groups excluding carboxylic acids is 1. The molecule has 116 valence electrons. The fourth-order valence-corrected chi connectivity index (χ4v) is 2.02. The average Bonchev–Trinajstić information content (AvgIpc) is 2.61. The number of nitriles is 1. The van der Waals surface area contributed by atoms with E-state index in [4.69, 9.17) is 10.00 Å². The minimum absolute atomic E-state index is 0.120. The molecule has 0 fully saturated rings. The normalized spacial score (nSPS) is 10.4. The third kappa shape index (κ3) is 5.12. The van der Waals surface area contributed by atoms with Crippen molar-refractivity contribution in [3.05, 3.63) is 71.3 Å². The van der Waals surface area contributed by atoms with Crippen LogP contribution in [0.1, 0.15) is 41.3 Å². The van der Waals surface area contributed by atoms with Crippen molar-refractivity contribution in [2.45, 2.75) is 19.8 Å². The van der Waals surface area contributed by atoms with Gasteiger partial charge in [-0.2, -0.15) is 5.26 Å². The average molecular weight is 305 g/mol. The summed E-state index contributed by atoms with van der Waals surface area (Å²) in [7, 11) is 0. The van der Waals surface area contributed by atoms with E-state index in [2.05, 4.69) is 6.92 Å². The largest absolute Gasteiger partial charge is 0.494 e.